The first-order valence-corrected chi connectivity index (χ1v) is 9.20. The molecular weight excluding hydrogens is 314 g/mol. The van der Waals surface area contributed by atoms with Crippen molar-refractivity contribution in [2.24, 2.45) is 0 Å². The molecule has 5 nitrogen and oxygen atoms in total. The molecule has 2 fully saturated rings. The van der Waals surface area contributed by atoms with Crippen LogP contribution in [0.3, 0.4) is 0 Å². The Kier molecular flexibility index (Phi) is 4.88. The maximum absolute atomic E-state index is 6.33. The van der Waals surface area contributed by atoms with Gasteiger partial charge in [-0.15, -0.1) is 0 Å². The van der Waals surface area contributed by atoms with Crippen LogP contribution in [0.4, 0.5) is 0 Å². The molecule has 0 N–H and O–H groups in total. The first-order valence-electron chi connectivity index (χ1n) is 9.20. The quantitative estimate of drug-likeness (QED) is 0.836. The van der Waals surface area contributed by atoms with Gasteiger partial charge in [0, 0.05) is 38.1 Å². The lowest BCUT2D eigenvalue weighted by Gasteiger charge is -2.38. The van der Waals surface area contributed by atoms with Crippen molar-refractivity contribution in [1.29, 1.82) is 0 Å². The van der Waals surface area contributed by atoms with E-state index in [4.69, 9.17) is 9.15 Å². The summed E-state index contributed by atoms with van der Waals surface area (Å²) in [5.41, 5.74) is 1.39. The van der Waals surface area contributed by atoms with Crippen LogP contribution in [0.25, 0.3) is 0 Å². The van der Waals surface area contributed by atoms with Gasteiger partial charge >= 0.3 is 0 Å². The Morgan fingerprint density at radius 1 is 1.24 bits per heavy atom. The van der Waals surface area contributed by atoms with E-state index in [2.05, 4.69) is 40.0 Å². The van der Waals surface area contributed by atoms with Crippen LogP contribution in [0, 0.1) is 0 Å². The summed E-state index contributed by atoms with van der Waals surface area (Å²) >= 11 is 0. The van der Waals surface area contributed by atoms with Crippen molar-refractivity contribution in [2.75, 3.05) is 26.7 Å². The van der Waals surface area contributed by atoms with Crippen LogP contribution in [0.2, 0.25) is 0 Å². The van der Waals surface area contributed by atoms with E-state index in [1.807, 2.05) is 18.5 Å². The number of piperidine rings is 1. The van der Waals surface area contributed by atoms with E-state index in [9.17, 15) is 0 Å². The molecule has 2 aromatic rings. The predicted octanol–water partition coefficient (Wildman–Crippen LogP) is 2.93. The van der Waals surface area contributed by atoms with Gasteiger partial charge in [-0.2, -0.15) is 0 Å². The smallest absolute Gasteiger partial charge is 0.117 e. The summed E-state index contributed by atoms with van der Waals surface area (Å²) in [5.74, 6) is 1.05. The normalized spacial score (nSPS) is 23.5. The lowest BCUT2D eigenvalue weighted by atomic mass is 9.87. The van der Waals surface area contributed by atoms with E-state index < -0.39 is 0 Å². The minimum atomic E-state index is 0.0802. The molecule has 0 amide bonds. The molecule has 0 unspecified atom stereocenters. The molecule has 2 saturated heterocycles. The van der Waals surface area contributed by atoms with Crippen LogP contribution >= 0.6 is 0 Å². The third-order valence-electron chi connectivity index (χ3n) is 5.72. The van der Waals surface area contributed by atoms with Crippen molar-refractivity contribution in [3.8, 4) is 0 Å². The monoisotopic (exact) mass is 341 g/mol. The molecule has 0 radical (unpaired) electrons. The molecule has 25 heavy (non-hydrogen) atoms. The Morgan fingerprint density at radius 3 is 2.76 bits per heavy atom. The van der Waals surface area contributed by atoms with Gasteiger partial charge in [0.15, 0.2) is 0 Å². The molecule has 5 heteroatoms. The van der Waals surface area contributed by atoms with Crippen molar-refractivity contribution in [1.82, 2.24) is 14.8 Å². The summed E-state index contributed by atoms with van der Waals surface area (Å²) < 4.78 is 11.8. The van der Waals surface area contributed by atoms with Gasteiger partial charge in [-0.25, -0.2) is 0 Å². The Hall–Kier alpha value is -1.69. The number of hydrogen-bond donors (Lipinski definition) is 0. The van der Waals surface area contributed by atoms with Gasteiger partial charge in [0.05, 0.1) is 25.0 Å². The third-order valence-corrected chi connectivity index (χ3v) is 5.72. The standard InChI is InChI=1S/C20H27N3O2/c1-22(14-17-4-8-21-9-5-17)18-13-20(25-16-18)6-10-23(11-7-20)15-19-3-2-12-24-19/h2-5,8-9,12,18H,6-7,10-11,13-16H2,1H3/t18-/m0/s1. The first kappa shape index (κ1) is 16.8. The highest BCUT2D eigenvalue weighted by molar-refractivity contribution is 5.10. The van der Waals surface area contributed by atoms with Crippen LogP contribution in [0.1, 0.15) is 30.6 Å². The van der Waals surface area contributed by atoms with Crippen molar-refractivity contribution in [3.63, 3.8) is 0 Å². The summed E-state index contributed by atoms with van der Waals surface area (Å²) in [4.78, 5) is 9.00. The second-order valence-corrected chi connectivity index (χ2v) is 7.48. The molecule has 1 spiro atoms. The fourth-order valence-electron chi connectivity index (χ4n) is 4.10. The van der Waals surface area contributed by atoms with Gasteiger partial charge in [0.1, 0.15) is 5.76 Å². The fourth-order valence-corrected chi connectivity index (χ4v) is 4.10. The average Bonchev–Trinajstić information content (AvgIpc) is 3.29. The summed E-state index contributed by atoms with van der Waals surface area (Å²) in [5, 5.41) is 0. The Balaban J connectivity index is 1.28. The second kappa shape index (κ2) is 7.28. The lowest BCUT2D eigenvalue weighted by molar-refractivity contribution is -0.0461. The number of ether oxygens (including phenoxy) is 1. The molecule has 0 aromatic carbocycles. The second-order valence-electron chi connectivity index (χ2n) is 7.48. The molecule has 0 bridgehead atoms. The Morgan fingerprint density at radius 2 is 2.04 bits per heavy atom. The predicted molar refractivity (Wildman–Crippen MR) is 96.0 cm³/mol. The van der Waals surface area contributed by atoms with Crippen molar-refractivity contribution < 1.29 is 9.15 Å². The van der Waals surface area contributed by atoms with E-state index in [0.29, 0.717) is 6.04 Å². The number of aromatic nitrogens is 1. The SMILES string of the molecule is CN(Cc1ccncc1)[C@@H]1COC2(CCN(Cc3ccco3)CC2)C1. The third kappa shape index (κ3) is 3.94. The molecule has 134 valence electrons. The van der Waals surface area contributed by atoms with Crippen molar-refractivity contribution in [3.05, 3.63) is 54.2 Å². The van der Waals surface area contributed by atoms with Crippen molar-refractivity contribution in [2.45, 2.75) is 44.0 Å². The molecule has 2 aliphatic rings. The number of furan rings is 1. The number of pyridine rings is 1. The topological polar surface area (TPSA) is 41.7 Å². The first-order chi connectivity index (χ1) is 12.2. The van der Waals surface area contributed by atoms with Gasteiger partial charge in [-0.3, -0.25) is 14.8 Å². The van der Waals surface area contributed by atoms with Gasteiger partial charge in [0.25, 0.3) is 0 Å². The molecule has 0 saturated carbocycles. The molecule has 2 aliphatic heterocycles. The van der Waals surface area contributed by atoms with Crippen molar-refractivity contribution >= 4 is 0 Å². The highest BCUT2D eigenvalue weighted by Gasteiger charge is 2.43. The molecule has 4 rings (SSSR count). The zero-order chi connectivity index (χ0) is 17.1. The van der Waals surface area contributed by atoms with Gasteiger partial charge < -0.3 is 9.15 Å². The molecule has 1 atom stereocenters. The van der Waals surface area contributed by atoms with E-state index in [1.165, 1.54) is 5.56 Å². The Bertz CT molecular complexity index is 651. The number of hydrogen-bond acceptors (Lipinski definition) is 5. The van der Waals surface area contributed by atoms with Crippen LogP contribution in [-0.2, 0) is 17.8 Å². The number of nitrogens with zero attached hydrogens (tertiary/aromatic N) is 3. The number of likely N-dealkylation sites (N-methyl/N-ethyl adjacent to an activating group) is 1. The lowest BCUT2D eigenvalue weighted by Crippen LogP contribution is -2.44. The minimum Gasteiger partial charge on any atom is -0.468 e. The fraction of sp³-hybridized carbons (Fsp3) is 0.550. The summed E-state index contributed by atoms with van der Waals surface area (Å²) in [6.07, 6.45) is 8.86. The average molecular weight is 341 g/mol. The van der Waals surface area contributed by atoms with Gasteiger partial charge in [0.2, 0.25) is 0 Å². The maximum atomic E-state index is 6.33. The Labute approximate surface area is 149 Å². The van der Waals surface area contributed by atoms with E-state index in [0.717, 1.165) is 57.8 Å². The highest BCUT2D eigenvalue weighted by Crippen LogP contribution is 2.38. The van der Waals surface area contributed by atoms with Crippen LogP contribution in [0.5, 0.6) is 0 Å². The van der Waals surface area contributed by atoms with Crippen LogP contribution < -0.4 is 0 Å². The maximum Gasteiger partial charge on any atom is 0.117 e. The molecule has 2 aromatic heterocycles. The van der Waals surface area contributed by atoms with Gasteiger partial charge in [-0.1, -0.05) is 0 Å². The zero-order valence-electron chi connectivity index (χ0n) is 14.9. The molecule has 0 aliphatic carbocycles. The largest absolute Gasteiger partial charge is 0.468 e. The van der Waals surface area contributed by atoms with E-state index >= 15 is 0 Å². The number of rotatable bonds is 5. The van der Waals surface area contributed by atoms with E-state index in [-0.39, 0.29) is 5.60 Å². The summed E-state index contributed by atoms with van der Waals surface area (Å²) in [7, 11) is 2.21. The number of likely N-dealkylation sites (tertiary alicyclic amines) is 1. The minimum absolute atomic E-state index is 0.0802. The van der Waals surface area contributed by atoms with Crippen LogP contribution in [-0.4, -0.2) is 53.2 Å². The summed E-state index contributed by atoms with van der Waals surface area (Å²) in [6.45, 7) is 4.88. The zero-order valence-corrected chi connectivity index (χ0v) is 14.9. The summed E-state index contributed by atoms with van der Waals surface area (Å²) in [6, 6.07) is 8.71. The van der Waals surface area contributed by atoms with E-state index in [1.54, 1.807) is 6.26 Å². The molecular formula is C20H27N3O2. The highest BCUT2D eigenvalue weighted by atomic mass is 16.5. The van der Waals surface area contributed by atoms with Gasteiger partial charge in [-0.05, 0) is 56.1 Å². The van der Waals surface area contributed by atoms with Crippen LogP contribution in [0.15, 0.2) is 47.3 Å². The molecule has 4 heterocycles.